The second kappa shape index (κ2) is 17.2. The van der Waals surface area contributed by atoms with E-state index in [0.717, 1.165) is 47.5 Å². The molecule has 0 saturated carbocycles. The van der Waals surface area contributed by atoms with Gasteiger partial charge < -0.3 is 9.05 Å². The Morgan fingerprint density at radius 2 is 1.43 bits per heavy atom. The van der Waals surface area contributed by atoms with E-state index in [1.807, 2.05) is 0 Å². The number of hydrogen-bond acceptors (Lipinski definition) is 3. The van der Waals surface area contributed by atoms with Gasteiger partial charge in [-0.25, -0.2) is 0 Å². The zero-order valence-electron chi connectivity index (χ0n) is 9.05. The van der Waals surface area contributed by atoms with Crippen LogP contribution in [0.2, 0.25) is 0 Å². The van der Waals surface area contributed by atoms with E-state index in [9.17, 15) is 4.57 Å². The van der Waals surface area contributed by atoms with Crippen LogP contribution in [-0.4, -0.2) is 13.2 Å². The Balaban J connectivity index is 0. The Kier molecular flexibility index (Phi) is 22.4. The summed E-state index contributed by atoms with van der Waals surface area (Å²) in [6, 6.07) is 0. The molecule has 83 valence electrons. The van der Waals surface area contributed by atoms with E-state index >= 15 is 0 Å². The molecular formula is C8H19HgIO3P. The van der Waals surface area contributed by atoms with Crippen LogP contribution in [0, 0.1) is 0 Å². The third-order valence-corrected chi connectivity index (χ3v) is 2.32. The van der Waals surface area contributed by atoms with Gasteiger partial charge in [0.25, 0.3) is 0 Å². The van der Waals surface area contributed by atoms with Crippen molar-refractivity contribution in [2.75, 3.05) is 13.2 Å². The van der Waals surface area contributed by atoms with Crippen molar-refractivity contribution in [3.05, 3.63) is 0 Å². The SMILES string of the molecule is CCCCO[PH](=O)OCCCC.[I][Hg]. The normalized spacial score (nSPS) is 9.86. The molecule has 0 unspecified atom stereocenters. The van der Waals surface area contributed by atoms with E-state index in [0.29, 0.717) is 13.2 Å². The summed E-state index contributed by atoms with van der Waals surface area (Å²) < 4.78 is 20.8. The van der Waals surface area contributed by atoms with Gasteiger partial charge in [0.1, 0.15) is 0 Å². The van der Waals surface area contributed by atoms with Gasteiger partial charge in [-0.15, -0.1) is 0 Å². The summed E-state index contributed by atoms with van der Waals surface area (Å²) >= 11 is 3.34. The van der Waals surface area contributed by atoms with Crippen molar-refractivity contribution in [3.8, 4) is 0 Å². The Hall–Kier alpha value is 1.82. The maximum atomic E-state index is 10.9. The van der Waals surface area contributed by atoms with Gasteiger partial charge in [0.05, 0.1) is 13.2 Å². The summed E-state index contributed by atoms with van der Waals surface area (Å²) in [6.45, 7) is 5.25. The molecule has 0 fully saturated rings. The molecule has 0 saturated heterocycles. The van der Waals surface area contributed by atoms with Crippen molar-refractivity contribution in [3.63, 3.8) is 0 Å². The van der Waals surface area contributed by atoms with Crippen molar-refractivity contribution in [1.29, 1.82) is 0 Å². The molecule has 0 aliphatic heterocycles. The minimum absolute atomic E-state index is 0.556. The van der Waals surface area contributed by atoms with Crippen molar-refractivity contribution in [1.82, 2.24) is 0 Å². The summed E-state index contributed by atoms with van der Waals surface area (Å²) in [5, 5.41) is 0. The standard InChI is InChI=1S/C8H19O3P.Hg.HI/c1-3-5-7-10-12(9)11-8-6-4-2;;/h12H,3-8H2,1-2H3;;1H/q;+1;/p-1. The van der Waals surface area contributed by atoms with Crippen molar-refractivity contribution >= 4 is 25.9 Å². The molecule has 0 aromatic rings. The predicted molar refractivity (Wildman–Crippen MR) is 64.7 cm³/mol. The molecule has 0 radical (unpaired) electrons. The first-order chi connectivity index (χ1) is 6.81. The molecule has 0 amide bonds. The Labute approximate surface area is 113 Å². The zero-order valence-corrected chi connectivity index (χ0v) is 17.7. The molecule has 6 heteroatoms. The predicted octanol–water partition coefficient (Wildman–Crippen LogP) is 3.89. The van der Waals surface area contributed by atoms with Gasteiger partial charge in [0.2, 0.25) is 0 Å². The monoisotopic (exact) mass is 523 g/mol. The first-order valence-electron chi connectivity index (χ1n) is 4.87. The molecule has 0 aliphatic rings. The number of rotatable bonds is 8. The van der Waals surface area contributed by atoms with Gasteiger partial charge in [0, 0.05) is 0 Å². The van der Waals surface area contributed by atoms with E-state index in [1.54, 1.807) is 0 Å². The summed E-state index contributed by atoms with van der Waals surface area (Å²) in [6.07, 6.45) is 4.02. The van der Waals surface area contributed by atoms with Gasteiger partial charge in [-0.1, -0.05) is 26.7 Å². The quantitative estimate of drug-likeness (QED) is 0.210. The third-order valence-electron chi connectivity index (χ3n) is 1.44. The number of hydrogen-bond donors (Lipinski definition) is 0. The molecule has 0 bridgehead atoms. The molecule has 0 aromatic heterocycles. The third kappa shape index (κ3) is 16.3. The maximum absolute atomic E-state index is 10.9. The van der Waals surface area contributed by atoms with E-state index < -0.39 is 8.25 Å². The molecule has 0 aromatic carbocycles. The van der Waals surface area contributed by atoms with Crippen LogP contribution in [0.5, 0.6) is 0 Å². The van der Waals surface area contributed by atoms with E-state index in [4.69, 9.17) is 9.05 Å². The topological polar surface area (TPSA) is 35.5 Å². The Morgan fingerprint density at radius 3 is 1.71 bits per heavy atom. The van der Waals surface area contributed by atoms with E-state index in [-0.39, 0.29) is 0 Å². The zero-order chi connectivity index (χ0) is 11.2. The van der Waals surface area contributed by atoms with Crippen molar-refractivity contribution < 1.29 is 35.4 Å². The summed E-state index contributed by atoms with van der Waals surface area (Å²) in [5.74, 6) is 0. The molecule has 0 N–H and O–H groups in total. The second-order valence-corrected chi connectivity index (χ2v) is 3.73. The summed E-state index contributed by atoms with van der Waals surface area (Å²) in [4.78, 5) is 0. The van der Waals surface area contributed by atoms with Crippen LogP contribution in [-0.2, 0) is 35.4 Å². The molecule has 0 spiro atoms. The van der Waals surface area contributed by atoms with Crippen LogP contribution in [0.1, 0.15) is 39.5 Å². The van der Waals surface area contributed by atoms with Crippen molar-refractivity contribution in [2.24, 2.45) is 0 Å². The molecule has 0 rings (SSSR count). The van der Waals surface area contributed by atoms with E-state index in [1.165, 1.54) is 0 Å². The number of halogens is 1. The molecule has 0 atom stereocenters. The van der Waals surface area contributed by atoms with Crippen LogP contribution in [0.15, 0.2) is 0 Å². The van der Waals surface area contributed by atoms with Gasteiger partial charge in [-0.3, -0.25) is 4.57 Å². The van der Waals surface area contributed by atoms with Crippen LogP contribution >= 0.6 is 25.9 Å². The molecule has 3 nitrogen and oxygen atoms in total. The number of unbranched alkanes of at least 4 members (excludes halogenated alkanes) is 2. The molecular weight excluding hydrogens is 503 g/mol. The summed E-state index contributed by atoms with van der Waals surface area (Å²) in [7, 11) is -2.18. The van der Waals surface area contributed by atoms with Crippen LogP contribution < -0.4 is 0 Å². The molecule has 0 aliphatic carbocycles. The van der Waals surface area contributed by atoms with Gasteiger partial charge in [0.15, 0.2) is 0 Å². The molecule has 14 heavy (non-hydrogen) atoms. The molecule has 0 heterocycles. The fourth-order valence-corrected chi connectivity index (χ4v) is 1.35. The van der Waals surface area contributed by atoms with Crippen molar-refractivity contribution in [2.45, 2.75) is 39.5 Å². The Morgan fingerprint density at radius 1 is 1.07 bits per heavy atom. The van der Waals surface area contributed by atoms with Gasteiger partial charge >= 0.3 is 47.7 Å². The fourth-order valence-electron chi connectivity index (χ4n) is 0.641. The van der Waals surface area contributed by atoms with Crippen LogP contribution in [0.25, 0.3) is 0 Å². The summed E-state index contributed by atoms with van der Waals surface area (Å²) in [5.41, 5.74) is 0. The average molecular weight is 522 g/mol. The van der Waals surface area contributed by atoms with E-state index in [2.05, 4.69) is 31.5 Å². The first kappa shape index (κ1) is 18.2. The van der Waals surface area contributed by atoms with Gasteiger partial charge in [-0.05, 0) is 12.8 Å². The first-order valence-corrected chi connectivity index (χ1v) is 21.6. The average Bonchev–Trinajstić information content (AvgIpc) is 2.22. The van der Waals surface area contributed by atoms with Gasteiger partial charge in [-0.2, -0.15) is 0 Å². The fraction of sp³-hybridized carbons (Fsp3) is 1.00. The van der Waals surface area contributed by atoms with Crippen LogP contribution in [0.4, 0.5) is 0 Å². The Bertz CT molecular complexity index is 115. The second-order valence-electron chi connectivity index (χ2n) is 2.65. The van der Waals surface area contributed by atoms with Crippen LogP contribution in [0.3, 0.4) is 0 Å². The minimum atomic E-state index is -2.18.